The van der Waals surface area contributed by atoms with Crippen LogP contribution >= 0.6 is 0 Å². The predicted octanol–water partition coefficient (Wildman–Crippen LogP) is 2.65. The van der Waals surface area contributed by atoms with Gasteiger partial charge < -0.3 is 21.1 Å². The van der Waals surface area contributed by atoms with E-state index in [4.69, 9.17) is 5.11 Å². The van der Waals surface area contributed by atoms with E-state index < -0.39 is 5.97 Å². The average Bonchev–Trinajstić information content (AvgIpc) is 3.41. The van der Waals surface area contributed by atoms with Gasteiger partial charge in [-0.3, -0.25) is 9.59 Å². The number of carbonyl (C=O) groups excluding carboxylic acids is 2. The third-order valence-electron chi connectivity index (χ3n) is 5.07. The summed E-state index contributed by atoms with van der Waals surface area (Å²) in [6.07, 6.45) is 4.52. The first-order valence-corrected chi connectivity index (χ1v) is 9.14. The molecule has 26 heavy (non-hydrogen) atoms. The van der Waals surface area contributed by atoms with Gasteiger partial charge in [0.2, 0.25) is 0 Å². The van der Waals surface area contributed by atoms with Crippen LogP contribution < -0.4 is 16.0 Å². The minimum absolute atomic E-state index is 0.0211. The number of benzene rings is 1. The van der Waals surface area contributed by atoms with E-state index in [1.165, 1.54) is 0 Å². The zero-order chi connectivity index (χ0) is 18.7. The predicted molar refractivity (Wildman–Crippen MR) is 97.2 cm³/mol. The van der Waals surface area contributed by atoms with Gasteiger partial charge in [-0.2, -0.15) is 0 Å². The number of nitrogens with one attached hydrogen (secondary N) is 3. The van der Waals surface area contributed by atoms with Gasteiger partial charge in [0.05, 0.1) is 5.92 Å². The third kappa shape index (κ3) is 4.74. The maximum absolute atomic E-state index is 12.3. The van der Waals surface area contributed by atoms with Crippen molar-refractivity contribution in [2.45, 2.75) is 57.5 Å². The van der Waals surface area contributed by atoms with Gasteiger partial charge in [0.15, 0.2) is 0 Å². The van der Waals surface area contributed by atoms with Crippen LogP contribution in [0.5, 0.6) is 0 Å². The Hall–Kier alpha value is -2.57. The standard InChI is InChI=1S/C19H25N3O4/c1-11-2-3-13(17(23)20-14-8-9-14)10-16(11)22-19(26)21-15-6-4-12(5-7-15)18(24)25/h2-3,10,12,14-15H,4-9H2,1H3,(H,20,23)(H,24,25)(H2,21,22,26). The van der Waals surface area contributed by atoms with Crippen LogP contribution in [0.4, 0.5) is 10.5 Å². The monoisotopic (exact) mass is 359 g/mol. The Bertz CT molecular complexity index is 707. The Kier molecular flexibility index (Phi) is 5.44. The number of aliphatic carboxylic acids is 1. The van der Waals surface area contributed by atoms with Gasteiger partial charge in [-0.05, 0) is 63.1 Å². The summed E-state index contributed by atoms with van der Waals surface area (Å²) in [4.78, 5) is 35.4. The number of rotatable bonds is 5. The van der Waals surface area contributed by atoms with Gasteiger partial charge in [-0.25, -0.2) is 4.79 Å². The molecule has 3 rings (SSSR count). The van der Waals surface area contributed by atoms with Crippen molar-refractivity contribution in [3.05, 3.63) is 29.3 Å². The van der Waals surface area contributed by atoms with Crippen molar-refractivity contribution in [3.63, 3.8) is 0 Å². The fourth-order valence-electron chi connectivity index (χ4n) is 3.22. The fourth-order valence-corrected chi connectivity index (χ4v) is 3.22. The number of amides is 3. The van der Waals surface area contributed by atoms with E-state index in [0.717, 1.165) is 18.4 Å². The molecule has 0 heterocycles. The van der Waals surface area contributed by atoms with E-state index in [9.17, 15) is 14.4 Å². The van der Waals surface area contributed by atoms with Crippen LogP contribution in [0, 0.1) is 12.8 Å². The number of aryl methyl sites for hydroxylation is 1. The van der Waals surface area contributed by atoms with E-state index in [0.29, 0.717) is 36.9 Å². The molecule has 140 valence electrons. The molecule has 0 aliphatic heterocycles. The summed E-state index contributed by atoms with van der Waals surface area (Å²) in [5.74, 6) is -1.19. The minimum Gasteiger partial charge on any atom is -0.481 e. The van der Waals surface area contributed by atoms with Crippen LogP contribution in [0.2, 0.25) is 0 Å². The molecule has 2 fully saturated rings. The molecule has 0 spiro atoms. The molecule has 3 amide bonds. The van der Waals surface area contributed by atoms with E-state index >= 15 is 0 Å². The molecule has 0 radical (unpaired) electrons. The number of hydrogen-bond acceptors (Lipinski definition) is 3. The zero-order valence-corrected chi connectivity index (χ0v) is 14.9. The van der Waals surface area contributed by atoms with Crippen molar-refractivity contribution in [3.8, 4) is 0 Å². The molecule has 0 saturated heterocycles. The largest absolute Gasteiger partial charge is 0.481 e. The van der Waals surface area contributed by atoms with Gasteiger partial charge in [0.1, 0.15) is 0 Å². The fraction of sp³-hybridized carbons (Fsp3) is 0.526. The molecule has 0 aromatic heterocycles. The van der Waals surface area contributed by atoms with Crippen molar-refractivity contribution in [1.82, 2.24) is 10.6 Å². The van der Waals surface area contributed by atoms with Crippen molar-refractivity contribution in [2.24, 2.45) is 5.92 Å². The second kappa shape index (κ2) is 7.76. The van der Waals surface area contributed by atoms with Gasteiger partial charge in [0, 0.05) is 23.3 Å². The number of hydrogen-bond donors (Lipinski definition) is 4. The third-order valence-corrected chi connectivity index (χ3v) is 5.07. The molecule has 1 aromatic carbocycles. The van der Waals surface area contributed by atoms with Crippen LogP contribution in [0.15, 0.2) is 18.2 Å². The van der Waals surface area contributed by atoms with Crippen LogP contribution in [0.1, 0.15) is 54.4 Å². The van der Waals surface area contributed by atoms with Gasteiger partial charge >= 0.3 is 12.0 Å². The summed E-state index contributed by atoms with van der Waals surface area (Å²) in [5, 5.41) is 17.7. The van der Waals surface area contributed by atoms with Crippen LogP contribution in [0.25, 0.3) is 0 Å². The van der Waals surface area contributed by atoms with E-state index in [1.807, 2.05) is 13.0 Å². The average molecular weight is 359 g/mol. The highest BCUT2D eigenvalue weighted by Gasteiger charge is 2.27. The van der Waals surface area contributed by atoms with E-state index in [2.05, 4.69) is 16.0 Å². The van der Waals surface area contributed by atoms with E-state index in [1.54, 1.807) is 12.1 Å². The van der Waals surface area contributed by atoms with Crippen molar-refractivity contribution < 1.29 is 19.5 Å². The highest BCUT2D eigenvalue weighted by atomic mass is 16.4. The molecule has 2 aliphatic carbocycles. The molecule has 7 nitrogen and oxygen atoms in total. The summed E-state index contributed by atoms with van der Waals surface area (Å²) in [6, 6.07) is 5.19. The Morgan fingerprint density at radius 2 is 1.58 bits per heavy atom. The second-order valence-corrected chi connectivity index (χ2v) is 7.26. The summed E-state index contributed by atoms with van der Waals surface area (Å²) < 4.78 is 0. The van der Waals surface area contributed by atoms with Gasteiger partial charge in [-0.1, -0.05) is 6.07 Å². The molecule has 4 N–H and O–H groups in total. The minimum atomic E-state index is -0.759. The van der Waals surface area contributed by atoms with Crippen molar-refractivity contribution in [1.29, 1.82) is 0 Å². The lowest BCUT2D eigenvalue weighted by Crippen LogP contribution is -2.41. The molecular formula is C19H25N3O4. The number of carboxylic acid groups (broad SMARTS) is 1. The van der Waals surface area contributed by atoms with Crippen molar-refractivity contribution >= 4 is 23.6 Å². The number of anilines is 1. The van der Waals surface area contributed by atoms with Crippen LogP contribution in [-0.4, -0.2) is 35.1 Å². The quantitative estimate of drug-likeness (QED) is 0.648. The number of urea groups is 1. The number of carbonyl (C=O) groups is 3. The first kappa shape index (κ1) is 18.2. The Morgan fingerprint density at radius 1 is 0.962 bits per heavy atom. The lowest BCUT2D eigenvalue weighted by atomic mass is 9.86. The topological polar surface area (TPSA) is 108 Å². The molecule has 0 unspecified atom stereocenters. The highest BCUT2D eigenvalue weighted by molar-refractivity contribution is 5.97. The van der Waals surface area contributed by atoms with Crippen LogP contribution in [0.3, 0.4) is 0 Å². The molecule has 0 bridgehead atoms. The molecule has 2 aliphatic rings. The summed E-state index contributed by atoms with van der Waals surface area (Å²) >= 11 is 0. The molecule has 2 saturated carbocycles. The second-order valence-electron chi connectivity index (χ2n) is 7.26. The Balaban J connectivity index is 1.55. The SMILES string of the molecule is Cc1ccc(C(=O)NC2CC2)cc1NC(=O)NC1CCC(C(=O)O)CC1. The summed E-state index contributed by atoms with van der Waals surface area (Å²) in [5.41, 5.74) is 2.00. The maximum Gasteiger partial charge on any atom is 0.319 e. The van der Waals surface area contributed by atoms with Crippen LogP contribution in [-0.2, 0) is 4.79 Å². The molecular weight excluding hydrogens is 334 g/mol. The molecule has 7 heteroatoms. The zero-order valence-electron chi connectivity index (χ0n) is 14.9. The maximum atomic E-state index is 12.3. The smallest absolute Gasteiger partial charge is 0.319 e. The summed E-state index contributed by atoms with van der Waals surface area (Å²) in [7, 11) is 0. The Morgan fingerprint density at radius 3 is 2.19 bits per heavy atom. The first-order chi connectivity index (χ1) is 12.4. The van der Waals surface area contributed by atoms with Crippen molar-refractivity contribution in [2.75, 3.05) is 5.32 Å². The molecule has 0 atom stereocenters. The lowest BCUT2D eigenvalue weighted by Gasteiger charge is -2.27. The highest BCUT2D eigenvalue weighted by Crippen LogP contribution is 2.25. The first-order valence-electron chi connectivity index (χ1n) is 9.14. The molecule has 1 aromatic rings. The normalized spacial score (nSPS) is 22.3. The van der Waals surface area contributed by atoms with E-state index in [-0.39, 0.29) is 29.9 Å². The lowest BCUT2D eigenvalue weighted by molar-refractivity contribution is -0.142. The number of carboxylic acids is 1. The van der Waals surface area contributed by atoms with Gasteiger partial charge in [-0.15, -0.1) is 0 Å². The Labute approximate surface area is 152 Å². The van der Waals surface area contributed by atoms with Gasteiger partial charge in [0.25, 0.3) is 5.91 Å². The summed E-state index contributed by atoms with van der Waals surface area (Å²) in [6.45, 7) is 1.87.